The smallest absolute Gasteiger partial charge is 0.191 e. The minimum atomic E-state index is 0. The van der Waals surface area contributed by atoms with E-state index in [2.05, 4.69) is 34.6 Å². The van der Waals surface area contributed by atoms with Crippen molar-refractivity contribution >= 4 is 29.9 Å². The maximum absolute atomic E-state index is 5.65. The van der Waals surface area contributed by atoms with Crippen LogP contribution in [0.3, 0.4) is 0 Å². The molecule has 7 heteroatoms. The highest BCUT2D eigenvalue weighted by atomic mass is 127. The standard InChI is InChI=1S/C17H31N5O.HI/c1-5-18-17(19-9-6-10-23-12-15-7-8-15)20-11-16-13(2)21-22(4)14(16)3;/h15H,5-12H2,1-4H3,(H2,18,19,20);1H. The van der Waals surface area contributed by atoms with Gasteiger partial charge in [0, 0.05) is 44.6 Å². The Labute approximate surface area is 162 Å². The lowest BCUT2D eigenvalue weighted by atomic mass is 10.2. The van der Waals surface area contributed by atoms with Crippen LogP contribution in [-0.2, 0) is 18.3 Å². The molecule has 1 aromatic heterocycles. The molecule has 0 aromatic carbocycles. The summed E-state index contributed by atoms with van der Waals surface area (Å²) in [5, 5.41) is 11.1. The van der Waals surface area contributed by atoms with Gasteiger partial charge in [-0.25, -0.2) is 4.99 Å². The largest absolute Gasteiger partial charge is 0.381 e. The molecule has 2 N–H and O–H groups in total. The first-order valence-corrected chi connectivity index (χ1v) is 8.70. The molecule has 0 saturated heterocycles. The predicted octanol–water partition coefficient (Wildman–Crippen LogP) is 2.53. The summed E-state index contributed by atoms with van der Waals surface area (Å²) >= 11 is 0. The van der Waals surface area contributed by atoms with Gasteiger partial charge in [0.25, 0.3) is 0 Å². The zero-order chi connectivity index (χ0) is 16.7. The molecule has 138 valence electrons. The fourth-order valence-corrected chi connectivity index (χ4v) is 2.46. The van der Waals surface area contributed by atoms with E-state index in [1.54, 1.807) is 0 Å². The minimum absolute atomic E-state index is 0. The lowest BCUT2D eigenvalue weighted by molar-refractivity contribution is 0.123. The third kappa shape index (κ3) is 6.96. The number of nitrogens with one attached hydrogen (secondary N) is 2. The minimum Gasteiger partial charge on any atom is -0.381 e. The van der Waals surface area contributed by atoms with Crippen LogP contribution in [0.1, 0.15) is 43.1 Å². The number of aromatic nitrogens is 2. The second kappa shape index (κ2) is 10.9. The SMILES string of the molecule is CCNC(=NCc1c(C)nn(C)c1C)NCCCOCC1CC1.I. The normalized spacial score (nSPS) is 14.4. The molecule has 1 aliphatic rings. The number of halogens is 1. The summed E-state index contributed by atoms with van der Waals surface area (Å²) in [6, 6.07) is 0. The first-order chi connectivity index (χ1) is 11.1. The van der Waals surface area contributed by atoms with Gasteiger partial charge in [-0.3, -0.25) is 4.68 Å². The maximum atomic E-state index is 5.65. The number of guanidine groups is 1. The number of hydrogen-bond donors (Lipinski definition) is 2. The van der Waals surface area contributed by atoms with Crippen LogP contribution in [0.2, 0.25) is 0 Å². The van der Waals surface area contributed by atoms with E-state index in [4.69, 9.17) is 4.74 Å². The number of ether oxygens (including phenoxy) is 1. The molecule has 0 amide bonds. The van der Waals surface area contributed by atoms with Gasteiger partial charge in [0.15, 0.2) is 5.96 Å². The van der Waals surface area contributed by atoms with Gasteiger partial charge in [-0.2, -0.15) is 5.10 Å². The Balaban J connectivity index is 0.00000288. The van der Waals surface area contributed by atoms with Crippen LogP contribution in [0, 0.1) is 19.8 Å². The molecule has 1 saturated carbocycles. The van der Waals surface area contributed by atoms with Crippen molar-refractivity contribution in [2.75, 3.05) is 26.3 Å². The fraction of sp³-hybridized carbons (Fsp3) is 0.765. The Hall–Kier alpha value is -0.830. The van der Waals surface area contributed by atoms with Crippen molar-refractivity contribution in [1.82, 2.24) is 20.4 Å². The molecule has 0 atom stereocenters. The topological polar surface area (TPSA) is 63.5 Å². The summed E-state index contributed by atoms with van der Waals surface area (Å²) in [7, 11) is 1.97. The van der Waals surface area contributed by atoms with E-state index in [9.17, 15) is 0 Å². The summed E-state index contributed by atoms with van der Waals surface area (Å²) in [6.07, 6.45) is 3.70. The van der Waals surface area contributed by atoms with Crippen molar-refractivity contribution in [1.29, 1.82) is 0 Å². The molecule has 6 nitrogen and oxygen atoms in total. The molecule has 0 unspecified atom stereocenters. The van der Waals surface area contributed by atoms with Gasteiger partial charge >= 0.3 is 0 Å². The molecule has 1 fully saturated rings. The Morgan fingerprint density at radius 2 is 2.08 bits per heavy atom. The molecule has 1 aliphatic carbocycles. The Morgan fingerprint density at radius 1 is 1.33 bits per heavy atom. The Morgan fingerprint density at radius 3 is 2.67 bits per heavy atom. The summed E-state index contributed by atoms with van der Waals surface area (Å²) in [6.45, 7) is 10.3. The van der Waals surface area contributed by atoms with Crippen LogP contribution in [0.25, 0.3) is 0 Å². The van der Waals surface area contributed by atoms with Crippen LogP contribution in [0.15, 0.2) is 4.99 Å². The molecular formula is C17H32IN5O. The van der Waals surface area contributed by atoms with Gasteiger partial charge in [0.1, 0.15) is 0 Å². The molecule has 0 spiro atoms. The van der Waals surface area contributed by atoms with Gasteiger partial charge in [-0.05, 0) is 46.0 Å². The molecule has 1 heterocycles. The van der Waals surface area contributed by atoms with Crippen LogP contribution < -0.4 is 10.6 Å². The average Bonchev–Trinajstić information content (AvgIpc) is 3.30. The third-order valence-electron chi connectivity index (χ3n) is 4.21. The van der Waals surface area contributed by atoms with E-state index in [1.165, 1.54) is 24.1 Å². The van der Waals surface area contributed by atoms with Crippen molar-refractivity contribution in [3.05, 3.63) is 17.0 Å². The van der Waals surface area contributed by atoms with Crippen LogP contribution in [-0.4, -0.2) is 42.0 Å². The molecule has 2 rings (SSSR count). The first kappa shape index (κ1) is 21.2. The zero-order valence-electron chi connectivity index (χ0n) is 15.4. The van der Waals surface area contributed by atoms with E-state index in [1.807, 2.05) is 18.7 Å². The van der Waals surface area contributed by atoms with Crippen molar-refractivity contribution in [2.24, 2.45) is 18.0 Å². The average molecular weight is 449 g/mol. The molecule has 24 heavy (non-hydrogen) atoms. The van der Waals surface area contributed by atoms with Crippen LogP contribution in [0.4, 0.5) is 0 Å². The number of nitrogens with zero attached hydrogens (tertiary/aromatic N) is 3. The Bertz CT molecular complexity index is 525. The number of aliphatic imine (C=N–C) groups is 1. The number of rotatable bonds is 9. The summed E-state index contributed by atoms with van der Waals surface area (Å²) < 4.78 is 7.57. The highest BCUT2D eigenvalue weighted by Crippen LogP contribution is 2.28. The van der Waals surface area contributed by atoms with Crippen molar-refractivity contribution in [2.45, 2.75) is 46.6 Å². The highest BCUT2D eigenvalue weighted by Gasteiger charge is 2.20. The molecule has 1 aromatic rings. The van der Waals surface area contributed by atoms with E-state index >= 15 is 0 Å². The maximum Gasteiger partial charge on any atom is 0.191 e. The molecular weight excluding hydrogens is 417 g/mol. The van der Waals surface area contributed by atoms with E-state index in [0.717, 1.165) is 50.3 Å². The molecule has 0 radical (unpaired) electrons. The first-order valence-electron chi connectivity index (χ1n) is 8.70. The second-order valence-corrected chi connectivity index (χ2v) is 6.27. The van der Waals surface area contributed by atoms with Gasteiger partial charge in [0.2, 0.25) is 0 Å². The van der Waals surface area contributed by atoms with Crippen LogP contribution >= 0.6 is 24.0 Å². The number of aryl methyl sites for hydroxylation is 2. The van der Waals surface area contributed by atoms with Gasteiger partial charge < -0.3 is 15.4 Å². The lowest BCUT2D eigenvalue weighted by Crippen LogP contribution is -2.38. The van der Waals surface area contributed by atoms with E-state index in [-0.39, 0.29) is 24.0 Å². The third-order valence-corrected chi connectivity index (χ3v) is 4.21. The zero-order valence-corrected chi connectivity index (χ0v) is 17.7. The van der Waals surface area contributed by atoms with E-state index < -0.39 is 0 Å². The second-order valence-electron chi connectivity index (χ2n) is 6.27. The fourth-order valence-electron chi connectivity index (χ4n) is 2.46. The van der Waals surface area contributed by atoms with Gasteiger partial charge in [0.05, 0.1) is 12.2 Å². The number of hydrogen-bond acceptors (Lipinski definition) is 3. The van der Waals surface area contributed by atoms with Crippen molar-refractivity contribution in [3.8, 4) is 0 Å². The summed E-state index contributed by atoms with van der Waals surface area (Å²) in [4.78, 5) is 4.68. The molecule has 0 aliphatic heterocycles. The summed E-state index contributed by atoms with van der Waals surface area (Å²) in [5.74, 6) is 1.70. The van der Waals surface area contributed by atoms with Crippen molar-refractivity contribution in [3.63, 3.8) is 0 Å². The quantitative estimate of drug-likeness (QED) is 0.263. The lowest BCUT2D eigenvalue weighted by Gasteiger charge is -2.11. The molecule has 0 bridgehead atoms. The highest BCUT2D eigenvalue weighted by molar-refractivity contribution is 14.0. The monoisotopic (exact) mass is 449 g/mol. The Kier molecular flexibility index (Phi) is 9.65. The predicted molar refractivity (Wildman–Crippen MR) is 109 cm³/mol. The van der Waals surface area contributed by atoms with E-state index in [0.29, 0.717) is 6.54 Å². The van der Waals surface area contributed by atoms with Gasteiger partial charge in [-0.1, -0.05) is 0 Å². The summed E-state index contributed by atoms with van der Waals surface area (Å²) in [5.41, 5.74) is 3.44. The van der Waals surface area contributed by atoms with Crippen LogP contribution in [0.5, 0.6) is 0 Å². The van der Waals surface area contributed by atoms with Crippen molar-refractivity contribution < 1.29 is 4.74 Å². The van der Waals surface area contributed by atoms with Gasteiger partial charge in [-0.15, -0.1) is 24.0 Å².